The van der Waals surface area contributed by atoms with Gasteiger partial charge >= 0.3 is 12.4 Å². The summed E-state index contributed by atoms with van der Waals surface area (Å²) in [5.41, 5.74) is -7.99. The van der Waals surface area contributed by atoms with Crippen LogP contribution < -0.4 is 0 Å². The predicted octanol–water partition coefficient (Wildman–Crippen LogP) is 8.85. The topological polar surface area (TPSA) is 60.7 Å². The Hall–Kier alpha value is -1.65. The molecule has 3 aliphatic rings. The van der Waals surface area contributed by atoms with Gasteiger partial charge in [0.1, 0.15) is 6.17 Å². The second-order valence-electron chi connectivity index (χ2n) is 13.3. The molecule has 246 valence electrons. The van der Waals surface area contributed by atoms with E-state index in [1.165, 1.54) is 0 Å². The standard InChI is InChI=1S/C33H47F7O3/c1-21-23(19-24(41)20-26(21)34)11-10-22-9-6-17-30(5)25(22)12-13-27(30)29(4,15-7-14-28(2,3)42)16-8-18-31(43,32(35,36)37)33(38,39)40/h8,10-11,18,24-27,41-43H,1,6-7,9,12-17,19-20H2,2-5H3/b18-8+,22-10+,23-11-/t24-,25?,26+,27-,29-,30+/m1/s1/i2D3,3D3. The minimum Gasteiger partial charge on any atom is -0.393 e. The molecule has 43 heavy (non-hydrogen) atoms. The summed E-state index contributed by atoms with van der Waals surface area (Å²) in [7, 11) is 0. The summed E-state index contributed by atoms with van der Waals surface area (Å²) in [6.45, 7) is 0.827. The number of allylic oxidation sites excluding steroid dienone is 5. The third-order valence-electron chi connectivity index (χ3n) is 10.1. The summed E-state index contributed by atoms with van der Waals surface area (Å²) in [4.78, 5) is 0. The number of halogens is 7. The van der Waals surface area contributed by atoms with Gasteiger partial charge < -0.3 is 15.3 Å². The van der Waals surface area contributed by atoms with Crippen molar-refractivity contribution in [2.75, 3.05) is 0 Å². The molecule has 10 heteroatoms. The number of rotatable bonds is 9. The van der Waals surface area contributed by atoms with Crippen LogP contribution in [-0.4, -0.2) is 51.1 Å². The quantitative estimate of drug-likeness (QED) is 0.176. The Morgan fingerprint density at radius 1 is 1.05 bits per heavy atom. The largest absolute Gasteiger partial charge is 0.429 e. The van der Waals surface area contributed by atoms with Crippen LogP contribution in [0.5, 0.6) is 0 Å². The number of alkyl halides is 7. The summed E-state index contributed by atoms with van der Waals surface area (Å²) in [5.74, 6) is -0.426. The Morgan fingerprint density at radius 2 is 1.70 bits per heavy atom. The van der Waals surface area contributed by atoms with Gasteiger partial charge in [-0.2, -0.15) is 26.3 Å². The first-order valence-corrected chi connectivity index (χ1v) is 14.7. The van der Waals surface area contributed by atoms with Crippen molar-refractivity contribution >= 4 is 0 Å². The SMILES string of the molecule is [2H]C([2H])([2H])C(O)(CCC[C@](C)(C/C=C/C(O)(C(F)(F)F)C(F)(F)F)[C@H]1CCC2/C(=C/C=C3/C[C@@H](O)C[C@H](F)C3=C)CCC[C@@]21C)C([2H])([2H])[2H]. The van der Waals surface area contributed by atoms with E-state index in [0.717, 1.165) is 5.57 Å². The molecule has 0 amide bonds. The lowest BCUT2D eigenvalue weighted by atomic mass is 9.55. The van der Waals surface area contributed by atoms with Gasteiger partial charge in [0.2, 0.25) is 0 Å². The van der Waals surface area contributed by atoms with Crippen LogP contribution in [0.3, 0.4) is 0 Å². The van der Waals surface area contributed by atoms with Gasteiger partial charge in [0, 0.05) is 14.6 Å². The van der Waals surface area contributed by atoms with Crippen molar-refractivity contribution in [1.29, 1.82) is 0 Å². The Bertz CT molecular complexity index is 1280. The van der Waals surface area contributed by atoms with Crippen LogP contribution >= 0.6 is 0 Å². The second kappa shape index (κ2) is 12.6. The van der Waals surface area contributed by atoms with Gasteiger partial charge in [0.05, 0.1) is 11.7 Å². The number of aliphatic hydroxyl groups excluding tert-OH is 1. The van der Waals surface area contributed by atoms with Crippen LogP contribution in [0.15, 0.2) is 47.6 Å². The monoisotopic (exact) mass is 630 g/mol. The molecule has 0 radical (unpaired) electrons. The smallest absolute Gasteiger partial charge is 0.393 e. The molecule has 0 aromatic heterocycles. The third-order valence-corrected chi connectivity index (χ3v) is 10.1. The molecule has 3 nitrogen and oxygen atoms in total. The first kappa shape index (κ1) is 27.6. The number of aliphatic hydroxyl groups is 3. The summed E-state index contributed by atoms with van der Waals surface area (Å²) < 4.78 is 141. The Morgan fingerprint density at radius 3 is 2.30 bits per heavy atom. The maximum absolute atomic E-state index is 14.4. The number of hydrogen-bond donors (Lipinski definition) is 3. The highest BCUT2D eigenvalue weighted by Gasteiger charge is 2.69. The van der Waals surface area contributed by atoms with Gasteiger partial charge in [-0.05, 0) is 111 Å². The van der Waals surface area contributed by atoms with Crippen LogP contribution in [0, 0.1) is 22.7 Å². The normalized spacial score (nSPS) is 35.6. The van der Waals surface area contributed by atoms with Crippen LogP contribution in [0.4, 0.5) is 30.7 Å². The highest BCUT2D eigenvalue weighted by molar-refractivity contribution is 5.39. The van der Waals surface area contributed by atoms with E-state index in [0.29, 0.717) is 43.8 Å². The predicted molar refractivity (Wildman–Crippen MR) is 153 cm³/mol. The van der Waals surface area contributed by atoms with Gasteiger partial charge in [-0.1, -0.05) is 50.6 Å². The molecule has 3 aliphatic carbocycles. The van der Waals surface area contributed by atoms with Crippen molar-refractivity contribution in [1.82, 2.24) is 0 Å². The zero-order chi connectivity index (χ0) is 37.6. The van der Waals surface area contributed by atoms with E-state index in [1.807, 2.05) is 13.0 Å². The average Bonchev–Trinajstić information content (AvgIpc) is 3.29. The minimum atomic E-state index is -6.07. The van der Waals surface area contributed by atoms with Crippen LogP contribution in [0.2, 0.25) is 0 Å². The summed E-state index contributed by atoms with van der Waals surface area (Å²) in [6, 6.07) is 0. The molecule has 0 aliphatic heterocycles. The van der Waals surface area contributed by atoms with E-state index in [-0.39, 0.29) is 49.2 Å². The second-order valence-corrected chi connectivity index (χ2v) is 13.3. The molecule has 3 fully saturated rings. The van der Waals surface area contributed by atoms with Crippen LogP contribution in [0.1, 0.15) is 106 Å². The first-order chi connectivity index (χ1) is 22.0. The van der Waals surface area contributed by atoms with Crippen molar-refractivity contribution in [2.24, 2.45) is 22.7 Å². The molecule has 3 saturated carbocycles. The highest BCUT2D eigenvalue weighted by atomic mass is 19.4. The minimum absolute atomic E-state index is 0.0401. The molecule has 0 saturated heterocycles. The molecular weight excluding hydrogens is 577 g/mol. The van der Waals surface area contributed by atoms with E-state index >= 15 is 0 Å². The Balaban J connectivity index is 2.01. The van der Waals surface area contributed by atoms with Crippen molar-refractivity contribution in [3.63, 3.8) is 0 Å². The van der Waals surface area contributed by atoms with Gasteiger partial charge in [0.15, 0.2) is 0 Å². The maximum atomic E-state index is 14.4. The fraction of sp³-hybridized carbons (Fsp3) is 0.758. The van der Waals surface area contributed by atoms with Gasteiger partial charge in [0.25, 0.3) is 5.60 Å². The highest BCUT2D eigenvalue weighted by Crippen LogP contribution is 2.64. The van der Waals surface area contributed by atoms with Crippen LogP contribution in [-0.2, 0) is 0 Å². The van der Waals surface area contributed by atoms with Gasteiger partial charge in [-0.25, -0.2) is 4.39 Å². The zero-order valence-electron chi connectivity index (χ0n) is 30.6. The molecule has 3 N–H and O–H groups in total. The number of hydrogen-bond acceptors (Lipinski definition) is 3. The van der Waals surface area contributed by atoms with Crippen molar-refractivity contribution in [2.45, 2.75) is 134 Å². The zero-order valence-corrected chi connectivity index (χ0v) is 24.6. The fourth-order valence-corrected chi connectivity index (χ4v) is 7.83. The van der Waals surface area contributed by atoms with E-state index in [9.17, 15) is 46.1 Å². The van der Waals surface area contributed by atoms with Gasteiger partial charge in [-0.15, -0.1) is 0 Å². The van der Waals surface area contributed by atoms with Crippen molar-refractivity contribution in [3.8, 4) is 0 Å². The molecular formula is C33H47F7O3. The molecule has 0 bridgehead atoms. The van der Waals surface area contributed by atoms with Crippen molar-refractivity contribution in [3.05, 3.63) is 47.6 Å². The van der Waals surface area contributed by atoms with Gasteiger partial charge in [-0.3, -0.25) is 0 Å². The first-order valence-electron chi connectivity index (χ1n) is 17.7. The molecule has 6 atom stereocenters. The molecule has 0 spiro atoms. The molecule has 1 unspecified atom stereocenters. The molecule has 0 aromatic carbocycles. The lowest BCUT2D eigenvalue weighted by Crippen LogP contribution is -2.55. The van der Waals surface area contributed by atoms with E-state index in [4.69, 9.17) is 8.22 Å². The summed E-state index contributed by atoms with van der Waals surface area (Å²) in [5, 5.41) is 30.6. The van der Waals surface area contributed by atoms with Crippen molar-refractivity contribution < 1.29 is 54.3 Å². The van der Waals surface area contributed by atoms with E-state index < -0.39 is 73.2 Å². The Labute approximate surface area is 259 Å². The molecule has 0 aromatic rings. The van der Waals surface area contributed by atoms with Crippen LogP contribution in [0.25, 0.3) is 0 Å². The average molecular weight is 631 g/mol. The fourth-order valence-electron chi connectivity index (χ4n) is 7.83. The Kier molecular flexibility index (Phi) is 8.12. The third kappa shape index (κ3) is 7.78. The van der Waals surface area contributed by atoms with E-state index in [2.05, 4.69) is 6.58 Å². The number of fused-ring (bicyclic) bond motifs is 1. The maximum Gasteiger partial charge on any atom is 0.429 e. The summed E-state index contributed by atoms with van der Waals surface area (Å²) >= 11 is 0. The molecule has 3 rings (SSSR count). The van der Waals surface area contributed by atoms with E-state index in [1.54, 1.807) is 13.0 Å². The molecule has 0 heterocycles. The lowest BCUT2D eigenvalue weighted by molar-refractivity contribution is -0.347. The lowest BCUT2D eigenvalue weighted by Gasteiger charge is -2.49. The summed E-state index contributed by atoms with van der Waals surface area (Å²) in [6.07, 6.45) is -8.51.